The van der Waals surface area contributed by atoms with E-state index in [4.69, 9.17) is 0 Å². The number of hydrogen-bond acceptors (Lipinski definition) is 5. The predicted octanol–water partition coefficient (Wildman–Crippen LogP) is 3.88. The van der Waals surface area contributed by atoms with Gasteiger partial charge in [-0.3, -0.25) is 0 Å². The largest absolute Gasteiger partial charge is 0.453 e. The first-order chi connectivity index (χ1) is 13.5. The van der Waals surface area contributed by atoms with Crippen LogP contribution in [0.5, 0.6) is 0 Å². The van der Waals surface area contributed by atoms with E-state index in [2.05, 4.69) is 20.6 Å². The van der Waals surface area contributed by atoms with Crippen molar-refractivity contribution in [1.29, 1.82) is 0 Å². The zero-order valence-corrected chi connectivity index (χ0v) is 15.3. The average molecular weight is 418 g/mol. The summed E-state index contributed by atoms with van der Waals surface area (Å²) < 4.78 is 78.5. The van der Waals surface area contributed by atoms with Gasteiger partial charge in [-0.15, -0.1) is 15.3 Å². The molecule has 0 aliphatic rings. The maximum atomic E-state index is 13.0. The molecule has 1 N–H and O–H groups in total. The van der Waals surface area contributed by atoms with Crippen LogP contribution in [0.4, 0.5) is 32.2 Å². The van der Waals surface area contributed by atoms with E-state index in [9.17, 15) is 26.3 Å². The molecule has 1 unspecified atom stereocenters. The normalized spacial score (nSPS) is 13.8. The maximum absolute atomic E-state index is 13.0. The minimum atomic E-state index is -4.73. The number of hydrogen-bond donors (Lipinski definition) is 1. The average Bonchev–Trinajstić information content (AvgIpc) is 3.05. The fourth-order valence-electron chi connectivity index (χ4n) is 2.78. The van der Waals surface area contributed by atoms with E-state index in [1.54, 1.807) is 25.1 Å². The highest BCUT2D eigenvalue weighted by molar-refractivity contribution is 5.44. The van der Waals surface area contributed by atoms with Crippen LogP contribution in [-0.2, 0) is 12.4 Å². The molecule has 12 heteroatoms. The van der Waals surface area contributed by atoms with Crippen molar-refractivity contribution >= 4 is 11.5 Å². The van der Waals surface area contributed by atoms with Crippen LogP contribution in [0.25, 0.3) is 5.65 Å². The Balaban J connectivity index is 1.85. The number of benzene rings is 1. The van der Waals surface area contributed by atoms with Crippen molar-refractivity contribution < 1.29 is 26.3 Å². The van der Waals surface area contributed by atoms with E-state index in [0.717, 1.165) is 12.1 Å². The second kappa shape index (κ2) is 7.50. The van der Waals surface area contributed by atoms with Crippen molar-refractivity contribution in [3.8, 4) is 0 Å². The number of nitrogens with one attached hydrogen (secondary N) is 1. The number of halogens is 6. The molecule has 0 aliphatic carbocycles. The lowest BCUT2D eigenvalue weighted by atomic mass is 10.0. The minimum absolute atomic E-state index is 0.0788. The van der Waals surface area contributed by atoms with Crippen molar-refractivity contribution in [2.75, 3.05) is 26.0 Å². The van der Waals surface area contributed by atoms with Gasteiger partial charge in [0.1, 0.15) is 5.82 Å². The second-order valence-electron chi connectivity index (χ2n) is 6.49. The Morgan fingerprint density at radius 1 is 1.00 bits per heavy atom. The summed E-state index contributed by atoms with van der Waals surface area (Å²) in [7, 11) is 3.37. The Bertz CT molecular complexity index is 994. The summed E-state index contributed by atoms with van der Waals surface area (Å²) >= 11 is 0. The third-order valence-electron chi connectivity index (χ3n) is 4.21. The Labute approximate surface area is 161 Å². The van der Waals surface area contributed by atoms with Crippen molar-refractivity contribution in [2.24, 2.45) is 0 Å². The number of nitrogens with zero attached hydrogens (tertiary/aromatic N) is 5. The third kappa shape index (κ3) is 4.58. The van der Waals surface area contributed by atoms with E-state index < -0.39 is 29.8 Å². The molecule has 3 aromatic rings. The molecule has 0 bridgehead atoms. The zero-order valence-electron chi connectivity index (χ0n) is 15.3. The number of alkyl halides is 6. The van der Waals surface area contributed by atoms with Gasteiger partial charge in [0.15, 0.2) is 5.65 Å². The highest BCUT2D eigenvalue weighted by Crippen LogP contribution is 2.32. The summed E-state index contributed by atoms with van der Waals surface area (Å²) in [6.07, 6.45) is -9.20. The first kappa shape index (κ1) is 20.8. The van der Waals surface area contributed by atoms with Gasteiger partial charge in [-0.05, 0) is 43.9 Å². The fraction of sp³-hybridized carbons (Fsp3) is 0.353. The zero-order chi connectivity index (χ0) is 21.4. The quantitative estimate of drug-likeness (QED) is 0.638. The number of rotatable bonds is 5. The SMILES string of the molecule is CN(C)C(CNc1ccc2nnc(C(F)(F)F)n2n1)c1cccc(C(F)(F)F)c1. The highest BCUT2D eigenvalue weighted by Gasteiger charge is 2.37. The molecule has 1 aromatic carbocycles. The van der Waals surface area contributed by atoms with Gasteiger partial charge in [-0.25, -0.2) is 0 Å². The van der Waals surface area contributed by atoms with Gasteiger partial charge in [0, 0.05) is 6.54 Å². The number of fused-ring (bicyclic) bond motifs is 1. The molecule has 2 heterocycles. The van der Waals surface area contributed by atoms with Crippen molar-refractivity contribution in [1.82, 2.24) is 24.7 Å². The topological polar surface area (TPSA) is 58.3 Å². The second-order valence-corrected chi connectivity index (χ2v) is 6.49. The summed E-state index contributed by atoms with van der Waals surface area (Å²) in [6.45, 7) is 0.107. The van der Waals surface area contributed by atoms with Gasteiger partial charge in [-0.2, -0.15) is 30.9 Å². The first-order valence-electron chi connectivity index (χ1n) is 8.34. The van der Waals surface area contributed by atoms with Gasteiger partial charge in [0.2, 0.25) is 0 Å². The Hall–Kier alpha value is -2.89. The van der Waals surface area contributed by atoms with E-state index in [1.165, 1.54) is 18.2 Å². The highest BCUT2D eigenvalue weighted by atomic mass is 19.4. The van der Waals surface area contributed by atoms with E-state index in [-0.39, 0.29) is 18.0 Å². The van der Waals surface area contributed by atoms with Crippen LogP contribution in [0.3, 0.4) is 0 Å². The van der Waals surface area contributed by atoms with E-state index in [1.807, 2.05) is 0 Å². The standard InChI is InChI=1S/C17H16F6N6/c1-28(2)12(10-4-3-5-11(8-10)16(18,19)20)9-24-13-6-7-14-25-26-15(17(21,22)23)29(14)27-13/h3-8,12H,9H2,1-2H3,(H,24,27). The number of aromatic nitrogens is 4. The molecular formula is C17H16F6N6. The van der Waals surface area contributed by atoms with Gasteiger partial charge < -0.3 is 10.2 Å². The van der Waals surface area contributed by atoms with Crippen molar-refractivity contribution in [3.63, 3.8) is 0 Å². The lowest BCUT2D eigenvalue weighted by Crippen LogP contribution is -2.27. The molecule has 29 heavy (non-hydrogen) atoms. The van der Waals surface area contributed by atoms with Crippen molar-refractivity contribution in [3.05, 3.63) is 53.3 Å². The molecular weight excluding hydrogens is 402 g/mol. The lowest BCUT2D eigenvalue weighted by molar-refractivity contribution is -0.146. The van der Waals surface area contributed by atoms with Gasteiger partial charge >= 0.3 is 12.4 Å². The lowest BCUT2D eigenvalue weighted by Gasteiger charge is -2.26. The van der Waals surface area contributed by atoms with Crippen LogP contribution in [0, 0.1) is 0 Å². The fourth-order valence-corrected chi connectivity index (χ4v) is 2.78. The summed E-state index contributed by atoms with van der Waals surface area (Å²) in [5.41, 5.74) is -0.454. The van der Waals surface area contributed by atoms with Crippen LogP contribution in [0.1, 0.15) is 23.0 Å². The predicted molar refractivity (Wildman–Crippen MR) is 92.1 cm³/mol. The third-order valence-corrected chi connectivity index (χ3v) is 4.21. The molecule has 0 amide bonds. The number of anilines is 1. The summed E-state index contributed by atoms with van der Waals surface area (Å²) in [5.74, 6) is -1.17. The molecule has 0 saturated heterocycles. The summed E-state index contributed by atoms with van der Waals surface area (Å²) in [4.78, 5) is 1.70. The van der Waals surface area contributed by atoms with E-state index >= 15 is 0 Å². The molecule has 0 saturated carbocycles. The van der Waals surface area contributed by atoms with Crippen LogP contribution in [0.15, 0.2) is 36.4 Å². The molecule has 1 atom stereocenters. The van der Waals surface area contributed by atoms with Crippen molar-refractivity contribution in [2.45, 2.75) is 18.4 Å². The minimum Gasteiger partial charge on any atom is -0.367 e. The molecule has 2 aromatic heterocycles. The molecule has 0 fully saturated rings. The molecule has 6 nitrogen and oxygen atoms in total. The van der Waals surface area contributed by atoms with E-state index in [0.29, 0.717) is 10.1 Å². The number of likely N-dealkylation sites (N-methyl/N-ethyl adjacent to an activating group) is 1. The molecule has 0 spiro atoms. The van der Waals surface area contributed by atoms with Gasteiger partial charge in [0.25, 0.3) is 5.82 Å². The van der Waals surface area contributed by atoms with Crippen LogP contribution in [0.2, 0.25) is 0 Å². The first-order valence-corrected chi connectivity index (χ1v) is 8.34. The van der Waals surface area contributed by atoms with Crippen LogP contribution in [-0.4, -0.2) is 45.4 Å². The summed E-state index contributed by atoms with van der Waals surface area (Å²) in [6, 6.07) is 7.13. The molecule has 0 radical (unpaired) electrons. The molecule has 0 aliphatic heterocycles. The monoisotopic (exact) mass is 418 g/mol. The Morgan fingerprint density at radius 2 is 1.72 bits per heavy atom. The van der Waals surface area contributed by atoms with Gasteiger partial charge in [0.05, 0.1) is 11.6 Å². The van der Waals surface area contributed by atoms with Crippen LogP contribution >= 0.6 is 0 Å². The van der Waals surface area contributed by atoms with Gasteiger partial charge in [-0.1, -0.05) is 12.1 Å². The van der Waals surface area contributed by atoms with Crippen LogP contribution < -0.4 is 5.32 Å². The Kier molecular flexibility index (Phi) is 5.39. The molecule has 156 valence electrons. The molecule has 3 rings (SSSR count). The summed E-state index contributed by atoms with van der Waals surface area (Å²) in [5, 5.41) is 13.2. The Morgan fingerprint density at radius 3 is 2.34 bits per heavy atom. The smallest absolute Gasteiger partial charge is 0.367 e. The maximum Gasteiger partial charge on any atom is 0.453 e.